The molecule has 92 valence electrons. The summed E-state index contributed by atoms with van der Waals surface area (Å²) in [6, 6.07) is 10.6. The Morgan fingerprint density at radius 2 is 1.44 bits per heavy atom. The van der Waals surface area contributed by atoms with E-state index in [2.05, 4.69) is 51.5 Å². The summed E-state index contributed by atoms with van der Waals surface area (Å²) in [4.78, 5) is 0. The lowest BCUT2D eigenvalue weighted by Crippen LogP contribution is -2.33. The molecule has 0 spiro atoms. The molecule has 0 atom stereocenters. The Labute approximate surface area is 96.5 Å². The van der Waals surface area contributed by atoms with Crippen LogP contribution in [0.25, 0.3) is 0 Å². The predicted molar refractivity (Wildman–Crippen MR) is 62.4 cm³/mol. The van der Waals surface area contributed by atoms with Crippen LogP contribution >= 0.6 is 0 Å². The van der Waals surface area contributed by atoms with Crippen molar-refractivity contribution in [2.75, 3.05) is 21.1 Å². The third-order valence-electron chi connectivity index (χ3n) is 1.50. The molecule has 0 unspecified atom stereocenters. The highest BCUT2D eigenvalue weighted by Gasteiger charge is 2.06. The van der Waals surface area contributed by atoms with Gasteiger partial charge >= 0.3 is 10.4 Å². The molecular weight excluding hydrogens is 230 g/mol. The molecule has 0 radical (unpaired) electrons. The largest absolute Gasteiger partial charge is 0.394 e. The van der Waals surface area contributed by atoms with Gasteiger partial charge in [0, 0.05) is 5.56 Å². The first-order valence-electron chi connectivity index (χ1n) is 4.62. The average molecular weight is 248 g/mol. The third kappa shape index (κ3) is 13.1. The van der Waals surface area contributed by atoms with E-state index in [1.807, 2.05) is 0 Å². The van der Waals surface area contributed by atoms with Crippen molar-refractivity contribution in [3.05, 3.63) is 35.9 Å². The molecule has 1 aromatic rings. The first-order valence-corrected chi connectivity index (χ1v) is 6.02. The normalized spacial score (nSPS) is 11.6. The fraction of sp³-hybridized carbons (Fsp3) is 0.400. The molecule has 0 saturated heterocycles. The maximum Gasteiger partial charge on any atom is 0.394 e. The Morgan fingerprint density at radius 3 is 1.75 bits per heavy atom. The maximum atomic E-state index is 8.74. The van der Waals surface area contributed by atoms with Gasteiger partial charge in [-0.15, -0.1) is 0 Å². The van der Waals surface area contributed by atoms with E-state index in [1.165, 1.54) is 5.56 Å². The molecule has 0 aromatic heterocycles. The maximum absolute atomic E-state index is 8.74. The van der Waals surface area contributed by atoms with E-state index in [4.69, 9.17) is 17.5 Å². The summed E-state index contributed by atoms with van der Waals surface area (Å²) in [7, 11) is 1.94. The van der Waals surface area contributed by atoms with Crippen molar-refractivity contribution in [3.8, 4) is 0 Å². The van der Waals surface area contributed by atoms with Crippen molar-refractivity contribution in [2.45, 2.75) is 6.54 Å². The smallest absolute Gasteiger partial charge is 0.327 e. The van der Waals surface area contributed by atoms with E-state index >= 15 is 0 Å². The molecule has 0 saturated carbocycles. The topological polar surface area (TPSA) is 74.6 Å². The summed E-state index contributed by atoms with van der Waals surface area (Å²) >= 11 is 0. The highest BCUT2D eigenvalue weighted by molar-refractivity contribution is 7.79. The molecule has 1 aromatic carbocycles. The lowest BCUT2D eigenvalue weighted by molar-refractivity contribution is -0.884. The van der Waals surface area contributed by atoms with Crippen molar-refractivity contribution >= 4 is 10.4 Å². The van der Waals surface area contributed by atoms with E-state index in [1.54, 1.807) is 0 Å². The molecule has 1 rings (SSSR count). The van der Waals surface area contributed by atoms with Gasteiger partial charge in [-0.2, -0.15) is 8.42 Å². The van der Waals surface area contributed by atoms with Crippen LogP contribution in [0.1, 0.15) is 5.56 Å². The monoisotopic (exact) mass is 248 g/mol. The second kappa shape index (κ2) is 5.95. The van der Waals surface area contributed by atoms with E-state index in [0.29, 0.717) is 0 Å². The van der Waals surface area contributed by atoms with E-state index in [9.17, 15) is 0 Å². The van der Waals surface area contributed by atoms with Crippen LogP contribution < -0.4 is 0 Å². The minimum Gasteiger partial charge on any atom is -0.327 e. The van der Waals surface area contributed by atoms with Crippen molar-refractivity contribution in [1.82, 2.24) is 0 Å². The van der Waals surface area contributed by atoms with Gasteiger partial charge in [0.1, 0.15) is 6.54 Å². The summed E-state index contributed by atoms with van der Waals surface area (Å²) < 4.78 is 32.6. The Balaban J connectivity index is 0.000000385. The van der Waals surface area contributed by atoms with Gasteiger partial charge in [0.25, 0.3) is 0 Å². The van der Waals surface area contributed by atoms with Crippen LogP contribution in [0.2, 0.25) is 0 Å². The van der Waals surface area contributed by atoms with Gasteiger partial charge in [0.15, 0.2) is 0 Å². The fourth-order valence-corrected chi connectivity index (χ4v) is 1.13. The Hall–Kier alpha value is -0.950. The molecule has 0 fully saturated rings. The zero-order chi connectivity index (χ0) is 12.8. The van der Waals surface area contributed by atoms with Gasteiger partial charge in [-0.05, 0) is 0 Å². The van der Waals surface area contributed by atoms with Crippen LogP contribution in [0, 0.1) is 0 Å². The summed E-state index contributed by atoms with van der Waals surface area (Å²) in [6.07, 6.45) is 0. The molecule has 0 aliphatic heterocycles. The van der Waals surface area contributed by atoms with Gasteiger partial charge in [-0.25, -0.2) is 0 Å². The number of rotatable bonds is 2. The Morgan fingerprint density at radius 1 is 1.06 bits per heavy atom. The summed E-state index contributed by atoms with van der Waals surface area (Å²) in [6.45, 7) is 1.10. The quantitative estimate of drug-likeness (QED) is 0.610. The number of quaternary nitrogens is 1. The second-order valence-corrected chi connectivity index (χ2v) is 5.28. The summed E-state index contributed by atoms with van der Waals surface area (Å²) in [5, 5.41) is 0. The molecular formula is C10H18NO4S+. The first-order chi connectivity index (χ1) is 7.08. The van der Waals surface area contributed by atoms with Crippen molar-refractivity contribution in [2.24, 2.45) is 0 Å². The second-order valence-electron chi connectivity index (χ2n) is 4.38. The molecule has 16 heavy (non-hydrogen) atoms. The van der Waals surface area contributed by atoms with Gasteiger partial charge in [0.05, 0.1) is 21.1 Å². The SMILES string of the molecule is C[N+](C)(C)Cc1ccccc1.O=S(=O)(O)O. The molecule has 0 aliphatic rings. The zero-order valence-corrected chi connectivity index (χ0v) is 10.5. The van der Waals surface area contributed by atoms with E-state index in [-0.39, 0.29) is 0 Å². The Kier molecular flexibility index (Phi) is 5.60. The fourth-order valence-electron chi connectivity index (χ4n) is 1.13. The summed E-state index contributed by atoms with van der Waals surface area (Å²) in [5.41, 5.74) is 1.40. The van der Waals surface area contributed by atoms with Crippen molar-refractivity contribution < 1.29 is 22.0 Å². The molecule has 0 amide bonds. The van der Waals surface area contributed by atoms with Crippen LogP contribution in [-0.4, -0.2) is 43.1 Å². The van der Waals surface area contributed by atoms with Gasteiger partial charge < -0.3 is 4.48 Å². The molecule has 0 aliphatic carbocycles. The van der Waals surface area contributed by atoms with Crippen molar-refractivity contribution in [3.63, 3.8) is 0 Å². The molecule has 0 bridgehead atoms. The third-order valence-corrected chi connectivity index (χ3v) is 1.50. The minimum absolute atomic E-state index is 0.990. The van der Waals surface area contributed by atoms with Crippen LogP contribution in [0.15, 0.2) is 30.3 Å². The average Bonchev–Trinajstić information content (AvgIpc) is 1.99. The lowest BCUT2D eigenvalue weighted by atomic mass is 10.2. The highest BCUT2D eigenvalue weighted by atomic mass is 32.3. The van der Waals surface area contributed by atoms with Gasteiger partial charge in [0.2, 0.25) is 0 Å². The highest BCUT2D eigenvalue weighted by Crippen LogP contribution is 2.05. The minimum atomic E-state index is -4.67. The number of benzene rings is 1. The van der Waals surface area contributed by atoms with Crippen LogP contribution in [0.3, 0.4) is 0 Å². The van der Waals surface area contributed by atoms with Gasteiger partial charge in [-0.3, -0.25) is 9.11 Å². The number of hydrogen-bond acceptors (Lipinski definition) is 2. The number of hydrogen-bond donors (Lipinski definition) is 2. The molecule has 6 heteroatoms. The molecule has 5 nitrogen and oxygen atoms in total. The summed E-state index contributed by atoms with van der Waals surface area (Å²) in [5.74, 6) is 0. The van der Waals surface area contributed by atoms with Gasteiger partial charge in [-0.1, -0.05) is 30.3 Å². The molecule has 0 heterocycles. The zero-order valence-electron chi connectivity index (χ0n) is 9.66. The van der Waals surface area contributed by atoms with E-state index < -0.39 is 10.4 Å². The Bertz CT molecular complexity index is 387. The standard InChI is InChI=1S/C10H16N.H2O4S/c1-11(2,3)9-10-7-5-4-6-8-10;1-5(2,3)4/h4-8H,9H2,1-3H3;(H2,1,2,3,4)/q+1;. The van der Waals surface area contributed by atoms with Crippen LogP contribution in [0.4, 0.5) is 0 Å². The van der Waals surface area contributed by atoms with E-state index in [0.717, 1.165) is 11.0 Å². The predicted octanol–water partition coefficient (Wildman–Crippen LogP) is 1.24. The molecule has 2 N–H and O–H groups in total. The lowest BCUT2D eigenvalue weighted by Gasteiger charge is -2.23. The van der Waals surface area contributed by atoms with Crippen molar-refractivity contribution in [1.29, 1.82) is 0 Å². The van der Waals surface area contributed by atoms with Crippen LogP contribution in [-0.2, 0) is 16.9 Å². The van der Waals surface area contributed by atoms with Crippen LogP contribution in [0.5, 0.6) is 0 Å². The first kappa shape index (κ1) is 15.0. The number of nitrogens with zero attached hydrogens (tertiary/aromatic N) is 1.